The van der Waals surface area contributed by atoms with Gasteiger partial charge in [-0.15, -0.1) is 0 Å². The van der Waals surface area contributed by atoms with Gasteiger partial charge in [-0.05, 0) is 61.4 Å². The van der Waals surface area contributed by atoms with Crippen LogP contribution in [0.4, 0.5) is 0 Å². The lowest BCUT2D eigenvalue weighted by Crippen LogP contribution is -2.46. The number of nitrogens with zero attached hydrogens (tertiary/aromatic N) is 1. The second-order valence-electron chi connectivity index (χ2n) is 9.73. The van der Waals surface area contributed by atoms with Gasteiger partial charge in [-0.1, -0.05) is 50.6 Å². The fourth-order valence-corrected chi connectivity index (χ4v) is 3.88. The minimum atomic E-state index is 0.0555. The van der Waals surface area contributed by atoms with Crippen molar-refractivity contribution in [2.45, 2.75) is 64.8 Å². The number of nitrogens with one attached hydrogen (secondary N) is 1. The molecule has 2 aromatic rings. The van der Waals surface area contributed by atoms with Crippen LogP contribution >= 0.6 is 0 Å². The smallest absolute Gasteiger partial charge is 0.253 e. The number of ether oxygens (including phenoxy) is 1. The Morgan fingerprint density at radius 3 is 2.22 bits per heavy atom. The molecule has 32 heavy (non-hydrogen) atoms. The third kappa shape index (κ3) is 6.84. The van der Waals surface area contributed by atoms with E-state index in [-0.39, 0.29) is 23.3 Å². The zero-order valence-corrected chi connectivity index (χ0v) is 19.8. The van der Waals surface area contributed by atoms with Gasteiger partial charge in [0.2, 0.25) is 5.91 Å². The van der Waals surface area contributed by atoms with Crippen LogP contribution in [0, 0.1) is 6.92 Å². The number of aryl methyl sites for hydroxylation is 1. The van der Waals surface area contributed by atoms with E-state index >= 15 is 0 Å². The Morgan fingerprint density at radius 1 is 1.00 bits per heavy atom. The van der Waals surface area contributed by atoms with Crippen LogP contribution in [0.25, 0.3) is 0 Å². The molecule has 0 unspecified atom stereocenters. The molecule has 1 heterocycles. The van der Waals surface area contributed by atoms with Gasteiger partial charge in [0.25, 0.3) is 5.91 Å². The number of carbonyl (C=O) groups is 2. The molecule has 0 radical (unpaired) electrons. The quantitative estimate of drug-likeness (QED) is 0.630. The van der Waals surface area contributed by atoms with E-state index in [4.69, 9.17) is 4.74 Å². The Balaban J connectivity index is 1.33. The summed E-state index contributed by atoms with van der Waals surface area (Å²) < 4.78 is 5.78. The first-order valence-electron chi connectivity index (χ1n) is 11.6. The van der Waals surface area contributed by atoms with Crippen LogP contribution in [0.15, 0.2) is 48.5 Å². The van der Waals surface area contributed by atoms with Crippen molar-refractivity contribution < 1.29 is 14.3 Å². The molecule has 1 saturated heterocycles. The summed E-state index contributed by atoms with van der Waals surface area (Å²) in [5.74, 6) is 0.964. The topological polar surface area (TPSA) is 58.6 Å². The number of carbonyl (C=O) groups excluding carboxylic acids is 2. The van der Waals surface area contributed by atoms with Crippen LogP contribution in [-0.4, -0.2) is 42.5 Å². The fraction of sp³-hybridized carbons (Fsp3) is 0.481. The Bertz CT molecular complexity index is 890. The van der Waals surface area contributed by atoms with Crippen LogP contribution < -0.4 is 10.1 Å². The third-order valence-electron chi connectivity index (χ3n) is 5.98. The van der Waals surface area contributed by atoms with Crippen molar-refractivity contribution in [3.8, 4) is 5.75 Å². The van der Waals surface area contributed by atoms with Crippen molar-refractivity contribution in [3.63, 3.8) is 0 Å². The molecule has 0 atom stereocenters. The minimum Gasteiger partial charge on any atom is -0.494 e. The van der Waals surface area contributed by atoms with Gasteiger partial charge in [0.15, 0.2) is 0 Å². The molecule has 0 aromatic heterocycles. The Labute approximate surface area is 192 Å². The maximum atomic E-state index is 12.6. The SMILES string of the molecule is Cc1ccc(C(=O)N2CCC(NC(=O)CCCOc3ccc(C(C)(C)C)cc3)CC2)cc1. The van der Waals surface area contributed by atoms with Crippen molar-refractivity contribution in [2.75, 3.05) is 19.7 Å². The van der Waals surface area contributed by atoms with Crippen molar-refractivity contribution in [2.24, 2.45) is 0 Å². The van der Waals surface area contributed by atoms with Crippen LogP contribution in [0.1, 0.15) is 67.9 Å². The average molecular weight is 437 g/mol. The van der Waals surface area contributed by atoms with E-state index in [0.29, 0.717) is 32.5 Å². The summed E-state index contributed by atoms with van der Waals surface area (Å²) in [5.41, 5.74) is 3.27. The average Bonchev–Trinajstić information content (AvgIpc) is 2.77. The summed E-state index contributed by atoms with van der Waals surface area (Å²) in [4.78, 5) is 26.8. The predicted molar refractivity (Wildman–Crippen MR) is 128 cm³/mol. The summed E-state index contributed by atoms with van der Waals surface area (Å²) in [6.07, 6.45) is 2.71. The first-order chi connectivity index (χ1) is 15.2. The number of amides is 2. The molecule has 1 aliphatic rings. The van der Waals surface area contributed by atoms with E-state index in [9.17, 15) is 9.59 Å². The van der Waals surface area contributed by atoms with Gasteiger partial charge < -0.3 is 15.0 Å². The van der Waals surface area contributed by atoms with Crippen molar-refractivity contribution >= 4 is 11.8 Å². The van der Waals surface area contributed by atoms with Gasteiger partial charge in [0.1, 0.15) is 5.75 Å². The standard InChI is InChI=1S/C27H36N2O3/c1-20-7-9-21(10-8-20)26(31)29-17-15-23(16-18-29)28-25(30)6-5-19-32-24-13-11-22(12-14-24)27(2,3)4/h7-14,23H,5-6,15-19H2,1-4H3,(H,28,30). The second-order valence-corrected chi connectivity index (χ2v) is 9.73. The molecular formula is C27H36N2O3. The van der Waals surface area contributed by atoms with Gasteiger partial charge in [0.05, 0.1) is 6.61 Å². The molecule has 0 aliphatic carbocycles. The van der Waals surface area contributed by atoms with E-state index in [2.05, 4.69) is 38.2 Å². The summed E-state index contributed by atoms with van der Waals surface area (Å²) >= 11 is 0. The van der Waals surface area contributed by atoms with Crippen molar-refractivity contribution in [3.05, 3.63) is 65.2 Å². The molecule has 1 fully saturated rings. The molecule has 2 aromatic carbocycles. The monoisotopic (exact) mass is 436 g/mol. The minimum absolute atomic E-state index is 0.0555. The van der Waals surface area contributed by atoms with Crippen LogP contribution in [0.2, 0.25) is 0 Å². The lowest BCUT2D eigenvalue weighted by atomic mass is 9.87. The van der Waals surface area contributed by atoms with E-state index in [1.807, 2.05) is 48.2 Å². The highest BCUT2D eigenvalue weighted by Gasteiger charge is 2.24. The van der Waals surface area contributed by atoms with Gasteiger partial charge in [-0.2, -0.15) is 0 Å². The highest BCUT2D eigenvalue weighted by Crippen LogP contribution is 2.24. The molecule has 172 valence electrons. The van der Waals surface area contributed by atoms with Crippen LogP contribution in [0.3, 0.4) is 0 Å². The molecule has 5 nitrogen and oxygen atoms in total. The van der Waals surface area contributed by atoms with Crippen molar-refractivity contribution in [1.82, 2.24) is 10.2 Å². The molecule has 0 saturated carbocycles. The number of hydrogen-bond donors (Lipinski definition) is 1. The number of likely N-dealkylation sites (tertiary alicyclic amines) is 1. The summed E-state index contributed by atoms with van der Waals surface area (Å²) in [5, 5.41) is 3.12. The molecule has 1 N–H and O–H groups in total. The van der Waals surface area contributed by atoms with Crippen molar-refractivity contribution in [1.29, 1.82) is 0 Å². The number of benzene rings is 2. The lowest BCUT2D eigenvalue weighted by Gasteiger charge is -2.32. The van der Waals surface area contributed by atoms with Gasteiger partial charge >= 0.3 is 0 Å². The number of hydrogen-bond acceptors (Lipinski definition) is 3. The molecule has 1 aliphatic heterocycles. The van der Waals surface area contributed by atoms with E-state index in [1.165, 1.54) is 5.56 Å². The van der Waals surface area contributed by atoms with Crippen LogP contribution in [-0.2, 0) is 10.2 Å². The first-order valence-corrected chi connectivity index (χ1v) is 11.6. The molecule has 0 spiro atoms. The summed E-state index contributed by atoms with van der Waals surface area (Å²) in [7, 11) is 0. The highest BCUT2D eigenvalue weighted by atomic mass is 16.5. The van der Waals surface area contributed by atoms with Gasteiger partial charge in [0, 0.05) is 31.1 Å². The van der Waals surface area contributed by atoms with E-state index in [0.717, 1.165) is 29.7 Å². The Morgan fingerprint density at radius 2 is 1.62 bits per heavy atom. The molecule has 5 heteroatoms. The second kappa shape index (κ2) is 10.7. The summed E-state index contributed by atoms with van der Waals surface area (Å²) in [6, 6.07) is 16.0. The molecular weight excluding hydrogens is 400 g/mol. The lowest BCUT2D eigenvalue weighted by molar-refractivity contribution is -0.122. The maximum Gasteiger partial charge on any atom is 0.253 e. The predicted octanol–water partition coefficient (Wildman–Crippen LogP) is 4.87. The van der Waals surface area contributed by atoms with E-state index in [1.54, 1.807) is 0 Å². The van der Waals surface area contributed by atoms with Crippen LogP contribution in [0.5, 0.6) is 5.75 Å². The third-order valence-corrected chi connectivity index (χ3v) is 5.98. The summed E-state index contributed by atoms with van der Waals surface area (Å²) in [6.45, 7) is 10.4. The molecule has 0 bridgehead atoms. The number of piperidine rings is 1. The van der Waals surface area contributed by atoms with Gasteiger partial charge in [-0.25, -0.2) is 0 Å². The Kier molecular flexibility index (Phi) is 7.94. The molecule has 3 rings (SSSR count). The fourth-order valence-electron chi connectivity index (χ4n) is 3.88. The largest absolute Gasteiger partial charge is 0.494 e. The number of rotatable bonds is 7. The first kappa shape index (κ1) is 23.8. The maximum absolute atomic E-state index is 12.6. The highest BCUT2D eigenvalue weighted by molar-refractivity contribution is 5.94. The van der Waals surface area contributed by atoms with E-state index < -0.39 is 0 Å². The zero-order chi connectivity index (χ0) is 23.1. The van der Waals surface area contributed by atoms with Gasteiger partial charge in [-0.3, -0.25) is 9.59 Å². The normalized spacial score (nSPS) is 14.8. The Hall–Kier alpha value is -2.82. The zero-order valence-electron chi connectivity index (χ0n) is 19.8. The molecule has 2 amide bonds.